The number of methoxy groups -OCH3 is 1. The van der Waals surface area contributed by atoms with Crippen LogP contribution in [-0.4, -0.2) is 46.5 Å². The average Bonchev–Trinajstić information content (AvgIpc) is 2.87. The predicted octanol–water partition coefficient (Wildman–Crippen LogP) is 1.06. The first kappa shape index (κ1) is 14.0. The maximum Gasteiger partial charge on any atom is 0.325 e. The fourth-order valence-electron chi connectivity index (χ4n) is 1.98. The van der Waals surface area contributed by atoms with Crippen LogP contribution in [0, 0.1) is 0 Å². The van der Waals surface area contributed by atoms with Crippen LogP contribution in [0.2, 0.25) is 0 Å². The molecule has 0 aliphatic rings. The van der Waals surface area contributed by atoms with Crippen LogP contribution in [0.3, 0.4) is 0 Å². The Hall–Kier alpha value is -2.37. The van der Waals surface area contributed by atoms with Crippen LogP contribution in [0.4, 0.5) is 0 Å². The Morgan fingerprint density at radius 2 is 2.10 bits per heavy atom. The summed E-state index contributed by atoms with van der Waals surface area (Å²) in [5.41, 5.74) is 1.74. The summed E-state index contributed by atoms with van der Waals surface area (Å²) in [4.78, 5) is 29.2. The number of carbonyl (C=O) groups excluding carboxylic acids is 2. The van der Waals surface area contributed by atoms with Gasteiger partial charge in [0, 0.05) is 6.54 Å². The highest BCUT2D eigenvalue weighted by molar-refractivity contribution is 5.83. The summed E-state index contributed by atoms with van der Waals surface area (Å²) >= 11 is 0. The molecule has 20 heavy (non-hydrogen) atoms. The SMILES string of the molecule is CCN(CC(=O)OC)C(=O)Cn1cnc2ccccc21. The Kier molecular flexibility index (Phi) is 4.34. The molecule has 6 nitrogen and oxygen atoms in total. The molecule has 1 aromatic heterocycles. The quantitative estimate of drug-likeness (QED) is 0.765. The standard InChI is InChI=1S/C14H17N3O3/c1-3-16(9-14(19)20-2)13(18)8-17-10-15-11-6-4-5-7-12(11)17/h4-7,10H,3,8-9H2,1-2H3. The summed E-state index contributed by atoms with van der Waals surface area (Å²) in [6.45, 7) is 2.41. The van der Waals surface area contributed by atoms with E-state index in [2.05, 4.69) is 9.72 Å². The van der Waals surface area contributed by atoms with Gasteiger partial charge in [0.15, 0.2) is 0 Å². The zero-order valence-corrected chi connectivity index (χ0v) is 11.6. The summed E-state index contributed by atoms with van der Waals surface area (Å²) in [6.07, 6.45) is 1.63. The maximum atomic E-state index is 12.2. The molecule has 0 saturated heterocycles. The second-order valence-electron chi connectivity index (χ2n) is 4.35. The second-order valence-corrected chi connectivity index (χ2v) is 4.35. The van der Waals surface area contributed by atoms with E-state index in [1.54, 1.807) is 10.9 Å². The molecule has 1 amide bonds. The number of nitrogens with zero attached hydrogens (tertiary/aromatic N) is 3. The number of para-hydroxylation sites is 2. The molecule has 0 saturated carbocycles. The lowest BCUT2D eigenvalue weighted by molar-refractivity contribution is -0.147. The molecule has 0 fully saturated rings. The highest BCUT2D eigenvalue weighted by Gasteiger charge is 2.17. The van der Waals surface area contributed by atoms with Crippen molar-refractivity contribution in [2.75, 3.05) is 20.2 Å². The third kappa shape index (κ3) is 2.96. The van der Waals surface area contributed by atoms with E-state index in [9.17, 15) is 9.59 Å². The van der Waals surface area contributed by atoms with Gasteiger partial charge in [0.05, 0.1) is 24.5 Å². The van der Waals surface area contributed by atoms with Gasteiger partial charge in [0.25, 0.3) is 0 Å². The number of carbonyl (C=O) groups is 2. The molecular weight excluding hydrogens is 258 g/mol. The molecule has 1 aromatic carbocycles. The van der Waals surface area contributed by atoms with Gasteiger partial charge in [-0.2, -0.15) is 0 Å². The average molecular weight is 275 g/mol. The Balaban J connectivity index is 2.12. The third-order valence-electron chi connectivity index (χ3n) is 3.12. The van der Waals surface area contributed by atoms with Crippen LogP contribution < -0.4 is 0 Å². The van der Waals surface area contributed by atoms with Gasteiger partial charge in [-0.15, -0.1) is 0 Å². The van der Waals surface area contributed by atoms with Crippen molar-refractivity contribution >= 4 is 22.9 Å². The Morgan fingerprint density at radius 1 is 1.35 bits per heavy atom. The number of imidazole rings is 1. The van der Waals surface area contributed by atoms with Crippen molar-refractivity contribution in [2.45, 2.75) is 13.5 Å². The molecule has 0 aliphatic heterocycles. The number of rotatable bonds is 5. The van der Waals surface area contributed by atoms with Crippen LogP contribution in [-0.2, 0) is 20.9 Å². The lowest BCUT2D eigenvalue weighted by atomic mass is 10.3. The molecule has 2 aromatic rings. The normalized spacial score (nSPS) is 10.5. The van der Waals surface area contributed by atoms with Crippen molar-refractivity contribution in [2.24, 2.45) is 0 Å². The van der Waals surface area contributed by atoms with Gasteiger partial charge in [0.1, 0.15) is 13.1 Å². The Bertz CT molecular complexity index is 621. The van der Waals surface area contributed by atoms with Gasteiger partial charge in [-0.1, -0.05) is 12.1 Å². The number of ether oxygens (including phenoxy) is 1. The van der Waals surface area contributed by atoms with Gasteiger partial charge in [0.2, 0.25) is 5.91 Å². The summed E-state index contributed by atoms with van der Waals surface area (Å²) < 4.78 is 6.36. The number of esters is 1. The number of benzene rings is 1. The second kappa shape index (κ2) is 6.18. The van der Waals surface area contributed by atoms with Crippen LogP contribution in [0.25, 0.3) is 11.0 Å². The van der Waals surface area contributed by atoms with Crippen molar-refractivity contribution in [1.29, 1.82) is 0 Å². The number of hydrogen-bond donors (Lipinski definition) is 0. The number of hydrogen-bond acceptors (Lipinski definition) is 4. The zero-order valence-electron chi connectivity index (χ0n) is 11.6. The number of amides is 1. The van der Waals surface area contributed by atoms with E-state index in [0.717, 1.165) is 11.0 Å². The van der Waals surface area contributed by atoms with E-state index < -0.39 is 5.97 Å². The molecule has 0 unspecified atom stereocenters. The molecule has 0 radical (unpaired) electrons. The minimum absolute atomic E-state index is 0.0293. The van der Waals surface area contributed by atoms with Gasteiger partial charge >= 0.3 is 5.97 Å². The van der Waals surface area contributed by atoms with Crippen molar-refractivity contribution in [1.82, 2.24) is 14.5 Å². The zero-order chi connectivity index (χ0) is 14.5. The Labute approximate surface area is 117 Å². The number of likely N-dealkylation sites (N-methyl/N-ethyl adjacent to an activating group) is 1. The highest BCUT2D eigenvalue weighted by atomic mass is 16.5. The van der Waals surface area contributed by atoms with E-state index in [1.165, 1.54) is 12.0 Å². The smallest absolute Gasteiger partial charge is 0.325 e. The van der Waals surface area contributed by atoms with Crippen LogP contribution in [0.1, 0.15) is 6.92 Å². The molecule has 1 heterocycles. The molecular formula is C14H17N3O3. The van der Waals surface area contributed by atoms with Gasteiger partial charge in [-0.25, -0.2) is 4.98 Å². The fourth-order valence-corrected chi connectivity index (χ4v) is 1.98. The maximum absolute atomic E-state index is 12.2. The monoisotopic (exact) mass is 275 g/mol. The van der Waals surface area contributed by atoms with Gasteiger partial charge in [-0.05, 0) is 19.1 Å². The van der Waals surface area contributed by atoms with E-state index in [1.807, 2.05) is 31.2 Å². The lowest BCUT2D eigenvalue weighted by Gasteiger charge is -2.19. The summed E-state index contributed by atoms with van der Waals surface area (Å²) in [7, 11) is 1.31. The number of fused-ring (bicyclic) bond motifs is 1. The fraction of sp³-hybridized carbons (Fsp3) is 0.357. The van der Waals surface area contributed by atoms with Crippen molar-refractivity contribution < 1.29 is 14.3 Å². The molecule has 2 rings (SSSR count). The van der Waals surface area contributed by atoms with Gasteiger partial charge in [-0.3, -0.25) is 9.59 Å². The minimum Gasteiger partial charge on any atom is -0.468 e. The topological polar surface area (TPSA) is 64.4 Å². The summed E-state index contributed by atoms with van der Waals surface area (Å²) in [6, 6.07) is 7.60. The van der Waals surface area contributed by atoms with E-state index in [0.29, 0.717) is 6.54 Å². The first-order valence-electron chi connectivity index (χ1n) is 6.40. The van der Waals surface area contributed by atoms with E-state index in [-0.39, 0.29) is 19.0 Å². The first-order valence-corrected chi connectivity index (χ1v) is 6.40. The molecule has 0 bridgehead atoms. The molecule has 0 aliphatic carbocycles. The summed E-state index contributed by atoms with van der Waals surface area (Å²) in [5.74, 6) is -0.559. The molecule has 0 spiro atoms. The molecule has 0 atom stereocenters. The van der Waals surface area contributed by atoms with Crippen molar-refractivity contribution in [3.05, 3.63) is 30.6 Å². The summed E-state index contributed by atoms with van der Waals surface area (Å²) in [5, 5.41) is 0. The largest absolute Gasteiger partial charge is 0.468 e. The molecule has 6 heteroatoms. The first-order chi connectivity index (χ1) is 9.65. The minimum atomic E-state index is -0.421. The van der Waals surface area contributed by atoms with Crippen molar-refractivity contribution in [3.63, 3.8) is 0 Å². The lowest BCUT2D eigenvalue weighted by Crippen LogP contribution is -2.38. The highest BCUT2D eigenvalue weighted by Crippen LogP contribution is 2.12. The van der Waals surface area contributed by atoms with Gasteiger partial charge < -0.3 is 14.2 Å². The van der Waals surface area contributed by atoms with E-state index >= 15 is 0 Å². The van der Waals surface area contributed by atoms with Crippen molar-refractivity contribution in [3.8, 4) is 0 Å². The predicted molar refractivity (Wildman–Crippen MR) is 74.0 cm³/mol. The molecule has 0 N–H and O–H groups in total. The molecule has 106 valence electrons. The van der Waals surface area contributed by atoms with E-state index in [4.69, 9.17) is 0 Å². The van der Waals surface area contributed by atoms with Crippen LogP contribution in [0.15, 0.2) is 30.6 Å². The van der Waals surface area contributed by atoms with Crippen LogP contribution in [0.5, 0.6) is 0 Å². The number of aromatic nitrogens is 2. The Morgan fingerprint density at radius 3 is 2.80 bits per heavy atom. The third-order valence-corrected chi connectivity index (χ3v) is 3.12. The van der Waals surface area contributed by atoms with Crippen LogP contribution >= 0.6 is 0 Å².